The maximum Gasteiger partial charge on any atom is 0.339 e. The zero-order valence-electron chi connectivity index (χ0n) is 11.0. The van der Waals surface area contributed by atoms with E-state index in [1.54, 1.807) is 0 Å². The lowest BCUT2D eigenvalue weighted by Gasteiger charge is -2.08. The molecule has 4 N–H and O–H groups in total. The van der Waals surface area contributed by atoms with Gasteiger partial charge >= 0.3 is 11.9 Å². The van der Waals surface area contributed by atoms with Crippen molar-refractivity contribution in [3.63, 3.8) is 0 Å². The highest BCUT2D eigenvalue weighted by Gasteiger charge is 2.18. The largest absolute Gasteiger partial charge is 0.507 e. The molecule has 0 radical (unpaired) electrons. The van der Waals surface area contributed by atoms with Crippen molar-refractivity contribution in [2.75, 3.05) is 5.32 Å². The number of rotatable bonds is 4. The monoisotopic (exact) mass is 302 g/mol. The molecule has 0 bridgehead atoms. The minimum Gasteiger partial charge on any atom is -0.507 e. The number of pyridine rings is 1. The molecule has 1 amide bonds. The third-order valence-electron chi connectivity index (χ3n) is 2.74. The molecule has 22 heavy (non-hydrogen) atoms. The lowest BCUT2D eigenvalue weighted by atomic mass is 10.1. The van der Waals surface area contributed by atoms with E-state index in [4.69, 9.17) is 10.2 Å². The summed E-state index contributed by atoms with van der Waals surface area (Å²) < 4.78 is 0. The Morgan fingerprint density at radius 1 is 1.00 bits per heavy atom. The van der Waals surface area contributed by atoms with Gasteiger partial charge in [0.05, 0.1) is 5.56 Å². The Morgan fingerprint density at radius 3 is 2.27 bits per heavy atom. The van der Waals surface area contributed by atoms with Gasteiger partial charge in [-0.05, 0) is 24.3 Å². The normalized spacial score (nSPS) is 10.0. The van der Waals surface area contributed by atoms with Crippen molar-refractivity contribution < 1.29 is 29.7 Å². The summed E-state index contributed by atoms with van der Waals surface area (Å²) in [7, 11) is 0. The summed E-state index contributed by atoms with van der Waals surface area (Å²) in [4.78, 5) is 37.6. The average molecular weight is 302 g/mol. The number of hydrogen-bond acceptors (Lipinski definition) is 5. The minimum atomic E-state index is -1.31. The van der Waals surface area contributed by atoms with Crippen molar-refractivity contribution in [1.82, 2.24) is 4.98 Å². The number of benzene rings is 1. The first-order valence-corrected chi connectivity index (χ1v) is 5.96. The van der Waals surface area contributed by atoms with Crippen LogP contribution >= 0.6 is 0 Å². The first-order valence-electron chi connectivity index (χ1n) is 5.96. The number of aromatic hydroxyl groups is 1. The number of hydrogen-bond donors (Lipinski definition) is 4. The van der Waals surface area contributed by atoms with Gasteiger partial charge in [-0.15, -0.1) is 0 Å². The van der Waals surface area contributed by atoms with Crippen LogP contribution in [0.15, 0.2) is 36.5 Å². The van der Waals surface area contributed by atoms with Crippen LogP contribution in [-0.4, -0.2) is 38.1 Å². The summed E-state index contributed by atoms with van der Waals surface area (Å²) in [6.45, 7) is 0. The van der Waals surface area contributed by atoms with E-state index in [1.807, 2.05) is 0 Å². The Labute approximate surface area is 123 Å². The number of carbonyl (C=O) groups excluding carboxylic acids is 1. The second-order valence-electron chi connectivity index (χ2n) is 4.20. The van der Waals surface area contributed by atoms with Crippen LogP contribution < -0.4 is 5.32 Å². The first-order chi connectivity index (χ1) is 10.4. The smallest absolute Gasteiger partial charge is 0.339 e. The maximum absolute atomic E-state index is 12.0. The molecule has 1 heterocycles. The molecule has 0 aliphatic carbocycles. The highest BCUT2D eigenvalue weighted by atomic mass is 16.4. The Kier molecular flexibility index (Phi) is 4.03. The summed E-state index contributed by atoms with van der Waals surface area (Å²) in [5.74, 6) is -3.93. The van der Waals surface area contributed by atoms with Crippen LogP contribution in [0.2, 0.25) is 0 Å². The molecule has 0 aliphatic rings. The number of nitrogens with zero attached hydrogens (tertiary/aromatic N) is 1. The van der Waals surface area contributed by atoms with Gasteiger partial charge in [0.15, 0.2) is 0 Å². The SMILES string of the molecule is O=C(O)c1ccc(NC(=O)c2ncccc2C(=O)O)cc1O. The Hall–Kier alpha value is -3.42. The molecule has 8 nitrogen and oxygen atoms in total. The van der Waals surface area contributed by atoms with Crippen LogP contribution in [0.4, 0.5) is 5.69 Å². The highest BCUT2D eigenvalue weighted by Crippen LogP contribution is 2.22. The molecule has 2 rings (SSSR count). The van der Waals surface area contributed by atoms with Gasteiger partial charge in [0, 0.05) is 18.0 Å². The zero-order chi connectivity index (χ0) is 16.3. The molecule has 0 unspecified atom stereocenters. The van der Waals surface area contributed by atoms with Gasteiger partial charge in [0.25, 0.3) is 5.91 Å². The topological polar surface area (TPSA) is 137 Å². The quantitative estimate of drug-likeness (QED) is 0.670. The number of nitrogens with one attached hydrogen (secondary N) is 1. The summed E-state index contributed by atoms with van der Waals surface area (Å²) in [5, 5.41) is 29.7. The van der Waals surface area contributed by atoms with Gasteiger partial charge in [0.1, 0.15) is 17.0 Å². The molecular weight excluding hydrogens is 292 g/mol. The zero-order valence-corrected chi connectivity index (χ0v) is 11.0. The number of anilines is 1. The Morgan fingerprint density at radius 2 is 1.68 bits per heavy atom. The van der Waals surface area contributed by atoms with E-state index in [2.05, 4.69) is 10.3 Å². The van der Waals surface area contributed by atoms with Gasteiger partial charge in [-0.1, -0.05) is 0 Å². The molecule has 8 heteroatoms. The summed E-state index contributed by atoms with van der Waals surface area (Å²) in [6.07, 6.45) is 1.27. The second-order valence-corrected chi connectivity index (χ2v) is 4.20. The Bertz CT molecular complexity index is 772. The number of amides is 1. The molecule has 0 saturated carbocycles. The van der Waals surface area contributed by atoms with E-state index in [9.17, 15) is 19.5 Å². The molecule has 1 aromatic carbocycles. The van der Waals surface area contributed by atoms with Gasteiger partial charge in [-0.25, -0.2) is 9.59 Å². The number of carboxylic acids is 2. The van der Waals surface area contributed by atoms with Crippen LogP contribution in [0.25, 0.3) is 0 Å². The van der Waals surface area contributed by atoms with Crippen LogP contribution in [0.5, 0.6) is 5.75 Å². The molecule has 0 saturated heterocycles. The molecule has 0 spiro atoms. The van der Waals surface area contributed by atoms with E-state index in [0.717, 1.165) is 12.1 Å². The molecule has 0 fully saturated rings. The molecular formula is C14H10N2O6. The van der Waals surface area contributed by atoms with Crippen LogP contribution in [0.3, 0.4) is 0 Å². The number of carbonyl (C=O) groups is 3. The number of aromatic carboxylic acids is 2. The average Bonchev–Trinajstić information content (AvgIpc) is 2.46. The molecule has 1 aromatic heterocycles. The minimum absolute atomic E-state index is 0.106. The van der Waals surface area contributed by atoms with E-state index in [-0.39, 0.29) is 22.5 Å². The molecule has 0 aliphatic heterocycles. The highest BCUT2D eigenvalue weighted by molar-refractivity contribution is 6.09. The van der Waals surface area contributed by atoms with E-state index in [0.29, 0.717) is 0 Å². The summed E-state index contributed by atoms with van der Waals surface area (Å²) in [6, 6.07) is 6.04. The van der Waals surface area contributed by atoms with Crippen molar-refractivity contribution in [1.29, 1.82) is 0 Å². The summed E-state index contributed by atoms with van der Waals surface area (Å²) in [5.41, 5.74) is -0.778. The van der Waals surface area contributed by atoms with E-state index >= 15 is 0 Å². The fraction of sp³-hybridized carbons (Fsp3) is 0. The second kappa shape index (κ2) is 5.92. The Balaban J connectivity index is 2.28. The van der Waals surface area contributed by atoms with E-state index < -0.39 is 23.6 Å². The van der Waals surface area contributed by atoms with Crippen molar-refractivity contribution >= 4 is 23.5 Å². The van der Waals surface area contributed by atoms with Crippen molar-refractivity contribution in [3.8, 4) is 5.75 Å². The van der Waals surface area contributed by atoms with Gasteiger partial charge in [-0.2, -0.15) is 0 Å². The van der Waals surface area contributed by atoms with Crippen molar-refractivity contribution in [2.24, 2.45) is 0 Å². The van der Waals surface area contributed by atoms with Crippen molar-refractivity contribution in [2.45, 2.75) is 0 Å². The molecule has 112 valence electrons. The predicted octanol–water partition coefficient (Wildman–Crippen LogP) is 1.44. The van der Waals surface area contributed by atoms with Gasteiger partial charge in [-0.3, -0.25) is 9.78 Å². The first kappa shape index (κ1) is 15.0. The van der Waals surface area contributed by atoms with Gasteiger partial charge < -0.3 is 20.6 Å². The lowest BCUT2D eigenvalue weighted by Crippen LogP contribution is -2.18. The van der Waals surface area contributed by atoms with Crippen LogP contribution in [0, 0.1) is 0 Å². The number of aromatic nitrogens is 1. The summed E-state index contributed by atoms with van der Waals surface area (Å²) >= 11 is 0. The number of phenols is 1. The maximum atomic E-state index is 12.0. The molecule has 2 aromatic rings. The fourth-order valence-corrected chi connectivity index (χ4v) is 1.74. The predicted molar refractivity (Wildman–Crippen MR) is 74.2 cm³/mol. The lowest BCUT2D eigenvalue weighted by molar-refractivity contribution is 0.0682. The standard InChI is InChI=1S/C14H10N2O6/c17-10-6-7(3-4-8(10)13(19)20)16-12(18)11-9(14(21)22)2-1-5-15-11/h1-6,17H,(H,16,18)(H,19,20)(H,21,22). The van der Waals surface area contributed by atoms with Gasteiger partial charge in [0.2, 0.25) is 0 Å². The van der Waals surface area contributed by atoms with Crippen LogP contribution in [0.1, 0.15) is 31.2 Å². The third kappa shape index (κ3) is 3.01. The van der Waals surface area contributed by atoms with Crippen molar-refractivity contribution in [3.05, 3.63) is 53.3 Å². The third-order valence-corrected chi connectivity index (χ3v) is 2.74. The molecule has 0 atom stereocenters. The number of carboxylic acid groups (broad SMARTS) is 2. The fourth-order valence-electron chi connectivity index (χ4n) is 1.74. The van der Waals surface area contributed by atoms with Crippen LogP contribution in [-0.2, 0) is 0 Å². The van der Waals surface area contributed by atoms with E-state index in [1.165, 1.54) is 24.4 Å².